The molecule has 0 saturated carbocycles. The van der Waals surface area contributed by atoms with Gasteiger partial charge >= 0.3 is 0 Å². The number of allylic oxidation sites excluding steroid dienone is 2. The van der Waals surface area contributed by atoms with Crippen LogP contribution in [0.1, 0.15) is 38.7 Å². The second-order valence-corrected chi connectivity index (χ2v) is 6.39. The van der Waals surface area contributed by atoms with Crippen molar-refractivity contribution in [1.82, 2.24) is 20.1 Å². The number of rotatable bonds is 3. The number of aryl methyl sites for hydroxylation is 1. The number of hydrazone groups is 1. The summed E-state index contributed by atoms with van der Waals surface area (Å²) in [6.45, 7) is 10.4. The average Bonchev–Trinajstić information content (AvgIpc) is 3.20. The van der Waals surface area contributed by atoms with Gasteiger partial charge in [-0.2, -0.15) is 10.2 Å². The Bertz CT molecular complexity index is 665. The normalized spacial score (nSPS) is 25.5. The van der Waals surface area contributed by atoms with E-state index in [9.17, 15) is 0 Å². The van der Waals surface area contributed by atoms with Gasteiger partial charge in [0.1, 0.15) is 0 Å². The van der Waals surface area contributed by atoms with Crippen LogP contribution in [-0.2, 0) is 7.05 Å². The van der Waals surface area contributed by atoms with Crippen molar-refractivity contribution in [2.45, 2.75) is 39.2 Å². The smallest absolute Gasteiger partial charge is 0.0568 e. The van der Waals surface area contributed by atoms with E-state index in [2.05, 4.69) is 41.0 Å². The Balaban J connectivity index is 0.000000511. The zero-order valence-electron chi connectivity index (χ0n) is 15.6. The second kappa shape index (κ2) is 9.22. The van der Waals surface area contributed by atoms with E-state index in [1.54, 1.807) is 10.9 Å². The van der Waals surface area contributed by atoms with Crippen LogP contribution in [0.2, 0.25) is 0 Å². The van der Waals surface area contributed by atoms with E-state index in [1.165, 1.54) is 12.8 Å². The Labute approximate surface area is 150 Å². The van der Waals surface area contributed by atoms with Crippen LogP contribution in [0.25, 0.3) is 5.57 Å². The molecule has 1 unspecified atom stereocenters. The first-order chi connectivity index (χ1) is 12.1. The summed E-state index contributed by atoms with van der Waals surface area (Å²) in [4.78, 5) is 2.27. The predicted molar refractivity (Wildman–Crippen MR) is 105 cm³/mol. The molecule has 0 bridgehead atoms. The van der Waals surface area contributed by atoms with Crippen LogP contribution < -0.4 is 11.2 Å². The van der Waals surface area contributed by atoms with Crippen LogP contribution >= 0.6 is 0 Å². The zero-order chi connectivity index (χ0) is 18.2. The van der Waals surface area contributed by atoms with Crippen LogP contribution in [0.3, 0.4) is 0 Å². The van der Waals surface area contributed by atoms with Gasteiger partial charge in [0.05, 0.1) is 6.20 Å². The summed E-state index contributed by atoms with van der Waals surface area (Å²) < 4.78 is 1.78. The molecule has 1 fully saturated rings. The summed E-state index contributed by atoms with van der Waals surface area (Å²) >= 11 is 0. The Kier molecular flexibility index (Phi) is 7.01. The molecule has 6 heteroatoms. The summed E-state index contributed by atoms with van der Waals surface area (Å²) in [5.74, 6) is 0. The van der Waals surface area contributed by atoms with E-state index < -0.39 is 0 Å². The first-order valence-corrected chi connectivity index (χ1v) is 8.95. The van der Waals surface area contributed by atoms with Gasteiger partial charge in [-0.05, 0) is 12.5 Å². The lowest BCUT2D eigenvalue weighted by Crippen LogP contribution is -2.27. The van der Waals surface area contributed by atoms with Crippen LogP contribution in [0.4, 0.5) is 0 Å². The molecule has 1 aromatic rings. The third-order valence-electron chi connectivity index (χ3n) is 4.31. The summed E-state index contributed by atoms with van der Waals surface area (Å²) in [6, 6.07) is 0.227. The highest BCUT2D eigenvalue weighted by molar-refractivity contribution is 5.86. The molecule has 6 nitrogen and oxygen atoms in total. The van der Waals surface area contributed by atoms with Gasteiger partial charge < -0.3 is 10.6 Å². The van der Waals surface area contributed by atoms with Gasteiger partial charge in [-0.1, -0.05) is 33.3 Å². The molecule has 2 aliphatic rings. The molecule has 0 aromatic carbocycles. The lowest BCUT2D eigenvalue weighted by molar-refractivity contribution is 0.431. The van der Waals surface area contributed by atoms with Gasteiger partial charge in [-0.3, -0.25) is 10.1 Å². The number of aromatic nitrogens is 2. The maximum absolute atomic E-state index is 6.02. The Morgan fingerprint density at radius 3 is 2.68 bits per heavy atom. The maximum atomic E-state index is 6.02. The number of unbranched alkanes of at least 4 members (excludes halogenated alkanes) is 1. The fourth-order valence-electron chi connectivity index (χ4n) is 2.70. The summed E-state index contributed by atoms with van der Waals surface area (Å²) in [7, 11) is 1.90. The van der Waals surface area contributed by atoms with E-state index in [0.717, 1.165) is 41.9 Å². The molecular formula is C19H30N6. The minimum atomic E-state index is 0.227. The Hall–Kier alpha value is -2.34. The predicted octanol–water partition coefficient (Wildman–Crippen LogP) is 2.63. The summed E-state index contributed by atoms with van der Waals surface area (Å²) in [5.41, 5.74) is 13.0. The average molecular weight is 342 g/mol. The van der Waals surface area contributed by atoms with Crippen LogP contribution in [-0.4, -0.2) is 40.0 Å². The van der Waals surface area contributed by atoms with E-state index in [1.807, 2.05) is 31.7 Å². The standard InChI is InChI=1S/C15H20N6.C4H10/c1-11-14(12-7-19-20(2)9-12)8-18-17-5-3-15(11)21-6-4-13(16)10-21;1-3-4-2/h3,5,7-9,13,18H,1,4,6,10,16H2,2H3;3-4H2,1-2H3/b14-8+,15-3+,17-5-;. The van der Waals surface area contributed by atoms with Crippen molar-refractivity contribution in [2.24, 2.45) is 17.9 Å². The van der Waals surface area contributed by atoms with Crippen LogP contribution in [0.5, 0.6) is 0 Å². The first kappa shape index (κ1) is 19.0. The van der Waals surface area contributed by atoms with E-state index in [-0.39, 0.29) is 6.04 Å². The minimum Gasteiger partial charge on any atom is -0.369 e. The summed E-state index contributed by atoms with van der Waals surface area (Å²) in [5, 5.41) is 8.36. The van der Waals surface area contributed by atoms with Crippen molar-refractivity contribution in [3.63, 3.8) is 0 Å². The monoisotopic (exact) mass is 342 g/mol. The molecule has 1 aromatic heterocycles. The van der Waals surface area contributed by atoms with Crippen LogP contribution in [0, 0.1) is 0 Å². The number of nitrogens with zero attached hydrogens (tertiary/aromatic N) is 4. The number of nitrogens with one attached hydrogen (secondary N) is 1. The quantitative estimate of drug-likeness (QED) is 0.886. The second-order valence-electron chi connectivity index (χ2n) is 6.39. The van der Waals surface area contributed by atoms with Gasteiger partial charge in [0.25, 0.3) is 0 Å². The van der Waals surface area contributed by atoms with E-state index >= 15 is 0 Å². The molecule has 3 N–H and O–H groups in total. The number of nitrogens with two attached hydrogens (primary N) is 1. The molecule has 25 heavy (non-hydrogen) atoms. The third-order valence-corrected chi connectivity index (χ3v) is 4.31. The molecule has 1 atom stereocenters. The molecule has 3 rings (SSSR count). The molecule has 0 spiro atoms. The van der Waals surface area contributed by atoms with Gasteiger partial charge in [-0.15, -0.1) is 0 Å². The molecule has 0 aliphatic carbocycles. The van der Waals surface area contributed by atoms with Gasteiger partial charge in [0.15, 0.2) is 0 Å². The van der Waals surface area contributed by atoms with Crippen molar-refractivity contribution in [1.29, 1.82) is 0 Å². The maximum Gasteiger partial charge on any atom is 0.0568 e. The topological polar surface area (TPSA) is 71.5 Å². The van der Waals surface area contributed by atoms with Crippen molar-refractivity contribution in [2.75, 3.05) is 13.1 Å². The molecule has 3 heterocycles. The van der Waals surface area contributed by atoms with E-state index in [4.69, 9.17) is 5.73 Å². The summed E-state index contributed by atoms with van der Waals surface area (Å²) in [6.07, 6.45) is 13.0. The minimum absolute atomic E-state index is 0.227. The molecular weight excluding hydrogens is 312 g/mol. The number of hydrogen-bond acceptors (Lipinski definition) is 5. The van der Waals surface area contributed by atoms with Crippen molar-refractivity contribution >= 4 is 11.8 Å². The SMILES string of the molecule is C=C1/C(c2cnn(C)c2)=C\N/N=C\C=C/1N1CCC(N)C1.CCCC. The molecule has 0 radical (unpaired) electrons. The zero-order valence-corrected chi connectivity index (χ0v) is 15.6. The van der Waals surface area contributed by atoms with E-state index in [0.29, 0.717) is 0 Å². The van der Waals surface area contributed by atoms with Crippen molar-refractivity contribution in [3.8, 4) is 0 Å². The molecule has 1 saturated heterocycles. The van der Waals surface area contributed by atoms with Crippen molar-refractivity contribution in [3.05, 3.63) is 48.1 Å². The van der Waals surface area contributed by atoms with Gasteiger partial charge in [-0.25, -0.2) is 0 Å². The lowest BCUT2D eigenvalue weighted by Gasteiger charge is -2.25. The largest absolute Gasteiger partial charge is 0.369 e. The fraction of sp³-hybridized carbons (Fsp3) is 0.474. The van der Waals surface area contributed by atoms with Crippen LogP contribution in [0.15, 0.2) is 47.6 Å². The fourth-order valence-corrected chi connectivity index (χ4v) is 2.70. The number of likely N-dealkylation sites (tertiary alicyclic amines) is 1. The molecule has 0 amide bonds. The van der Waals surface area contributed by atoms with Gasteiger partial charge in [0.2, 0.25) is 0 Å². The first-order valence-electron chi connectivity index (χ1n) is 8.95. The highest BCUT2D eigenvalue weighted by atomic mass is 15.3. The lowest BCUT2D eigenvalue weighted by atomic mass is 9.99. The van der Waals surface area contributed by atoms with Gasteiger partial charge in [0, 0.05) is 67.2 Å². The third kappa shape index (κ3) is 5.06. The Morgan fingerprint density at radius 2 is 2.12 bits per heavy atom. The Morgan fingerprint density at radius 1 is 1.36 bits per heavy atom. The highest BCUT2D eigenvalue weighted by Crippen LogP contribution is 2.30. The highest BCUT2D eigenvalue weighted by Gasteiger charge is 2.24. The number of hydrogen-bond donors (Lipinski definition) is 2. The molecule has 136 valence electrons. The molecule has 2 aliphatic heterocycles. The van der Waals surface area contributed by atoms with Crippen molar-refractivity contribution < 1.29 is 0 Å².